The van der Waals surface area contributed by atoms with Crippen LogP contribution in [0.25, 0.3) is 0 Å². The van der Waals surface area contributed by atoms with Crippen molar-refractivity contribution in [1.29, 1.82) is 0 Å². The number of hydrogen-bond acceptors (Lipinski definition) is 1. The zero-order valence-corrected chi connectivity index (χ0v) is 9.24. The summed E-state index contributed by atoms with van der Waals surface area (Å²) in [6.07, 6.45) is -2.82. The van der Waals surface area contributed by atoms with Crippen molar-refractivity contribution in [2.45, 2.75) is 6.43 Å². The quantitative estimate of drug-likeness (QED) is 0.557. The smallest absolute Gasteiger partial charge is 0.212 e. The van der Waals surface area contributed by atoms with Crippen molar-refractivity contribution in [1.82, 2.24) is 4.98 Å². The van der Waals surface area contributed by atoms with Gasteiger partial charge in [-0.2, -0.15) is 4.39 Å². The lowest BCUT2D eigenvalue weighted by Crippen LogP contribution is -1.98. The normalized spacial score (nSPS) is 10.8. The number of aromatic nitrogens is 1. The van der Waals surface area contributed by atoms with Gasteiger partial charge in [0.2, 0.25) is 5.95 Å². The van der Waals surface area contributed by atoms with Crippen LogP contribution in [0.15, 0.2) is 10.7 Å². The van der Waals surface area contributed by atoms with Crippen LogP contribution in [0.5, 0.6) is 0 Å². The van der Waals surface area contributed by atoms with Gasteiger partial charge < -0.3 is 0 Å². The summed E-state index contributed by atoms with van der Waals surface area (Å²) in [5.41, 5.74) is -0.640. The molecule has 6 heteroatoms. The first-order valence-electron chi connectivity index (χ1n) is 2.82. The molecule has 1 nitrogen and oxygen atoms in total. The first-order chi connectivity index (χ1) is 5.52. The molecule has 0 atom stereocenters. The molecule has 0 fully saturated rings. The van der Waals surface area contributed by atoms with Gasteiger partial charge in [0.05, 0.1) is 5.56 Å². The fourth-order valence-corrected chi connectivity index (χ4v) is 2.23. The fraction of sp³-hybridized carbons (Fsp3) is 0.167. The average molecular weight is 352 g/mol. The lowest BCUT2D eigenvalue weighted by atomic mass is 10.3. The molecule has 0 aliphatic carbocycles. The predicted molar refractivity (Wildman–Crippen MR) is 49.6 cm³/mol. The van der Waals surface area contributed by atoms with Crippen LogP contribution >= 0.6 is 38.5 Å². The predicted octanol–water partition coefficient (Wildman–Crippen LogP) is 3.53. The van der Waals surface area contributed by atoms with Crippen LogP contribution in [0.1, 0.15) is 12.0 Å². The number of hydrogen-bond donors (Lipinski definition) is 0. The molecule has 1 rings (SSSR count). The molecule has 66 valence electrons. The zero-order valence-electron chi connectivity index (χ0n) is 5.49. The molecule has 0 bridgehead atoms. The highest BCUT2D eigenvalue weighted by atomic mass is 127. The van der Waals surface area contributed by atoms with Crippen molar-refractivity contribution in [3.05, 3.63) is 25.8 Å². The van der Waals surface area contributed by atoms with E-state index < -0.39 is 17.9 Å². The van der Waals surface area contributed by atoms with Crippen molar-refractivity contribution in [3.8, 4) is 0 Å². The molecule has 0 unspecified atom stereocenters. The third kappa shape index (κ3) is 2.09. The van der Waals surface area contributed by atoms with E-state index in [0.717, 1.165) is 0 Å². The van der Waals surface area contributed by atoms with Gasteiger partial charge in [-0.3, -0.25) is 0 Å². The number of rotatable bonds is 1. The van der Waals surface area contributed by atoms with E-state index in [1.54, 1.807) is 22.6 Å². The molecule has 12 heavy (non-hydrogen) atoms. The maximum Gasteiger partial charge on any atom is 0.269 e. The molecule has 0 spiro atoms. The number of alkyl halides is 2. The Morgan fingerprint density at radius 3 is 2.50 bits per heavy atom. The number of halogens is 5. The second kappa shape index (κ2) is 3.91. The summed E-state index contributed by atoms with van der Waals surface area (Å²) in [4.78, 5) is 3.22. The molecule has 1 aromatic heterocycles. The maximum absolute atomic E-state index is 12.7. The summed E-state index contributed by atoms with van der Waals surface area (Å²) < 4.78 is 37.4. The Morgan fingerprint density at radius 2 is 2.08 bits per heavy atom. The Hall–Kier alpha value is 0.150. The van der Waals surface area contributed by atoms with Crippen LogP contribution in [0.3, 0.4) is 0 Å². The first-order valence-corrected chi connectivity index (χ1v) is 4.69. The molecule has 0 aliphatic heterocycles. The van der Waals surface area contributed by atoms with Crippen LogP contribution < -0.4 is 0 Å². The maximum atomic E-state index is 12.7. The van der Waals surface area contributed by atoms with Gasteiger partial charge in [0, 0.05) is 3.57 Å². The Kier molecular flexibility index (Phi) is 3.33. The largest absolute Gasteiger partial charge is 0.269 e. The average Bonchev–Trinajstić information content (AvgIpc) is 1.82. The minimum Gasteiger partial charge on any atom is -0.212 e. The monoisotopic (exact) mass is 351 g/mol. The Morgan fingerprint density at radius 1 is 1.50 bits per heavy atom. The van der Waals surface area contributed by atoms with Crippen molar-refractivity contribution in [2.24, 2.45) is 0 Å². The third-order valence-corrected chi connectivity index (χ3v) is 2.45. The molecule has 0 N–H and O–H groups in total. The molecular formula is C6H2BrF3IN. The van der Waals surface area contributed by atoms with Gasteiger partial charge in [-0.05, 0) is 44.6 Å². The lowest BCUT2D eigenvalue weighted by Gasteiger charge is -2.03. The third-order valence-electron chi connectivity index (χ3n) is 1.15. The highest BCUT2D eigenvalue weighted by molar-refractivity contribution is 14.1. The summed E-state index contributed by atoms with van der Waals surface area (Å²) in [6.45, 7) is 0. The van der Waals surface area contributed by atoms with Crippen LogP contribution in [0.4, 0.5) is 13.2 Å². The van der Waals surface area contributed by atoms with Gasteiger partial charge in [-0.1, -0.05) is 0 Å². The van der Waals surface area contributed by atoms with Gasteiger partial charge in [0.25, 0.3) is 6.43 Å². The van der Waals surface area contributed by atoms with Crippen LogP contribution in [0.2, 0.25) is 0 Å². The van der Waals surface area contributed by atoms with Gasteiger partial charge in [0.15, 0.2) is 0 Å². The van der Waals surface area contributed by atoms with Crippen molar-refractivity contribution >= 4 is 38.5 Å². The van der Waals surface area contributed by atoms with E-state index in [4.69, 9.17) is 0 Å². The lowest BCUT2D eigenvalue weighted by molar-refractivity contribution is 0.144. The zero-order chi connectivity index (χ0) is 9.30. The van der Waals surface area contributed by atoms with Crippen LogP contribution in [-0.4, -0.2) is 4.98 Å². The summed E-state index contributed by atoms with van der Waals surface area (Å²) >= 11 is 4.53. The highest BCUT2D eigenvalue weighted by Crippen LogP contribution is 2.27. The van der Waals surface area contributed by atoms with Crippen LogP contribution in [-0.2, 0) is 0 Å². The summed E-state index contributed by atoms with van der Waals surface area (Å²) in [7, 11) is 0. The van der Waals surface area contributed by atoms with E-state index in [2.05, 4.69) is 20.9 Å². The van der Waals surface area contributed by atoms with E-state index in [1.807, 2.05) is 0 Å². The molecule has 1 heterocycles. The summed E-state index contributed by atoms with van der Waals surface area (Å²) in [5, 5.41) is 0. The summed E-state index contributed by atoms with van der Waals surface area (Å²) in [6, 6.07) is 1.34. The van der Waals surface area contributed by atoms with Gasteiger partial charge in [-0.25, -0.2) is 13.8 Å². The van der Waals surface area contributed by atoms with Gasteiger partial charge in [-0.15, -0.1) is 0 Å². The Balaban J connectivity index is 3.28. The highest BCUT2D eigenvalue weighted by Gasteiger charge is 2.18. The Bertz CT molecular complexity index is 282. The summed E-state index contributed by atoms with van der Waals surface area (Å²) in [5.74, 6) is -1.12. The van der Waals surface area contributed by atoms with Gasteiger partial charge >= 0.3 is 0 Å². The van der Waals surface area contributed by atoms with E-state index in [0.29, 0.717) is 0 Å². The van der Waals surface area contributed by atoms with Crippen molar-refractivity contribution < 1.29 is 13.2 Å². The topological polar surface area (TPSA) is 12.9 Å². The van der Waals surface area contributed by atoms with E-state index in [1.165, 1.54) is 6.07 Å². The molecule has 0 aromatic carbocycles. The van der Waals surface area contributed by atoms with Crippen molar-refractivity contribution in [3.63, 3.8) is 0 Å². The minimum atomic E-state index is -2.82. The SMILES string of the molecule is Fc1nc(Br)cc(I)c1C(F)F. The molecule has 0 aliphatic rings. The molecular weight excluding hydrogens is 350 g/mol. The fourth-order valence-electron chi connectivity index (χ4n) is 0.661. The van der Waals surface area contributed by atoms with E-state index >= 15 is 0 Å². The second-order valence-corrected chi connectivity index (χ2v) is 3.91. The molecule has 0 saturated carbocycles. The number of nitrogens with zero attached hydrogens (tertiary/aromatic N) is 1. The molecule has 0 radical (unpaired) electrons. The Labute approximate surface area is 88.6 Å². The van der Waals surface area contributed by atoms with E-state index in [9.17, 15) is 13.2 Å². The molecule has 0 amide bonds. The second-order valence-electron chi connectivity index (χ2n) is 1.93. The number of pyridine rings is 1. The van der Waals surface area contributed by atoms with E-state index in [-0.39, 0.29) is 8.17 Å². The van der Waals surface area contributed by atoms with Crippen LogP contribution in [0, 0.1) is 9.52 Å². The van der Waals surface area contributed by atoms with Crippen molar-refractivity contribution in [2.75, 3.05) is 0 Å². The molecule has 1 aromatic rings. The minimum absolute atomic E-state index is 0.168. The van der Waals surface area contributed by atoms with Gasteiger partial charge in [0.1, 0.15) is 4.60 Å². The first kappa shape index (κ1) is 10.2. The molecule has 0 saturated heterocycles. The standard InChI is InChI=1S/C6H2BrF3IN/c7-3-1-2(11)4(5(8)9)6(10)12-3/h1,5H.